The van der Waals surface area contributed by atoms with E-state index in [1.807, 2.05) is 0 Å². The molecule has 0 amide bonds. The Bertz CT molecular complexity index is 513. The lowest BCUT2D eigenvalue weighted by molar-refractivity contribution is -0.190. The summed E-state index contributed by atoms with van der Waals surface area (Å²) >= 11 is 0. The molecule has 3 aliphatic rings. The number of aliphatic hydroxyl groups is 2. The molecule has 1 aliphatic carbocycles. The first kappa shape index (κ1) is 20.5. The zero-order chi connectivity index (χ0) is 19.1. The van der Waals surface area contributed by atoms with E-state index in [-0.39, 0.29) is 6.61 Å². The van der Waals surface area contributed by atoms with Crippen molar-refractivity contribution in [3.05, 3.63) is 11.5 Å². The van der Waals surface area contributed by atoms with Gasteiger partial charge in [-0.05, 0) is 12.8 Å². The average Bonchev–Trinajstić information content (AvgIpc) is 3.18. The summed E-state index contributed by atoms with van der Waals surface area (Å²) in [6.07, 6.45) is 15.0. The van der Waals surface area contributed by atoms with Crippen LogP contribution in [0.4, 0.5) is 0 Å². The molecular weight excluding hydrogens is 348 g/mol. The molecule has 2 heterocycles. The van der Waals surface area contributed by atoms with Gasteiger partial charge in [0.05, 0.1) is 6.61 Å². The van der Waals surface area contributed by atoms with Gasteiger partial charge in [-0.25, -0.2) is 4.79 Å². The lowest BCUT2D eigenvalue weighted by Gasteiger charge is -2.29. The summed E-state index contributed by atoms with van der Waals surface area (Å²) in [4.78, 5) is 11.5. The van der Waals surface area contributed by atoms with Gasteiger partial charge in [0.15, 0.2) is 17.7 Å². The molecule has 0 aromatic heterocycles. The SMILES string of the molecule is O=C1OC(C2COC3(CCCCCCCCCCCCCC3)O2)C(O)=C1O. The molecule has 154 valence electrons. The number of aliphatic hydroxyl groups excluding tert-OH is 2. The predicted molar refractivity (Wildman–Crippen MR) is 100 cm³/mol. The molecule has 0 aromatic rings. The lowest BCUT2D eigenvalue weighted by Crippen LogP contribution is -2.35. The van der Waals surface area contributed by atoms with Crippen molar-refractivity contribution in [2.24, 2.45) is 0 Å². The smallest absolute Gasteiger partial charge is 0.377 e. The highest BCUT2D eigenvalue weighted by Gasteiger charge is 2.49. The van der Waals surface area contributed by atoms with Crippen LogP contribution in [0.15, 0.2) is 11.5 Å². The third-order valence-corrected chi connectivity index (χ3v) is 6.02. The summed E-state index contributed by atoms with van der Waals surface area (Å²) in [5.41, 5.74) is 0. The Morgan fingerprint density at radius 2 is 1.26 bits per heavy atom. The Labute approximate surface area is 161 Å². The number of ether oxygens (including phenoxy) is 3. The third-order valence-electron chi connectivity index (χ3n) is 6.02. The zero-order valence-corrected chi connectivity index (χ0v) is 16.3. The first-order valence-corrected chi connectivity index (χ1v) is 10.8. The van der Waals surface area contributed by atoms with Crippen LogP contribution in [0.2, 0.25) is 0 Å². The van der Waals surface area contributed by atoms with E-state index in [0.717, 1.165) is 25.7 Å². The molecule has 2 N–H and O–H groups in total. The van der Waals surface area contributed by atoms with Crippen LogP contribution in [0.1, 0.15) is 89.9 Å². The quantitative estimate of drug-likeness (QED) is 0.632. The second-order valence-corrected chi connectivity index (χ2v) is 8.18. The summed E-state index contributed by atoms with van der Waals surface area (Å²) in [7, 11) is 0. The maximum atomic E-state index is 11.5. The average molecular weight is 382 g/mol. The largest absolute Gasteiger partial charge is 0.505 e. The van der Waals surface area contributed by atoms with Crippen LogP contribution in [0.5, 0.6) is 0 Å². The second-order valence-electron chi connectivity index (χ2n) is 8.18. The molecular formula is C21H34O6. The summed E-state index contributed by atoms with van der Waals surface area (Å²) in [6, 6.07) is 0. The summed E-state index contributed by atoms with van der Waals surface area (Å²) in [5.74, 6) is -2.71. The van der Waals surface area contributed by atoms with Crippen LogP contribution >= 0.6 is 0 Å². The molecule has 0 aromatic carbocycles. The van der Waals surface area contributed by atoms with E-state index in [0.29, 0.717) is 0 Å². The van der Waals surface area contributed by atoms with E-state index in [1.165, 1.54) is 64.2 Å². The van der Waals surface area contributed by atoms with Crippen LogP contribution in [0.3, 0.4) is 0 Å². The van der Waals surface area contributed by atoms with Crippen molar-refractivity contribution in [2.75, 3.05) is 6.61 Å². The molecule has 2 atom stereocenters. The summed E-state index contributed by atoms with van der Waals surface area (Å²) in [6.45, 7) is 0.259. The van der Waals surface area contributed by atoms with Gasteiger partial charge in [0.2, 0.25) is 5.76 Å². The summed E-state index contributed by atoms with van der Waals surface area (Å²) < 4.78 is 17.4. The highest BCUT2D eigenvalue weighted by molar-refractivity contribution is 5.89. The molecule has 3 rings (SSSR count). The standard InChI is InChI=1S/C21H34O6/c22-17-18(23)20(24)26-19(17)16-15-25-21(27-16)13-11-9-7-5-3-1-2-4-6-8-10-12-14-21/h16,19,22-23H,1-15H2. The van der Waals surface area contributed by atoms with Crippen LogP contribution < -0.4 is 0 Å². The number of esters is 1. The van der Waals surface area contributed by atoms with Gasteiger partial charge in [-0.2, -0.15) is 0 Å². The van der Waals surface area contributed by atoms with Gasteiger partial charge in [-0.15, -0.1) is 0 Å². The van der Waals surface area contributed by atoms with Crippen molar-refractivity contribution in [1.82, 2.24) is 0 Å². The van der Waals surface area contributed by atoms with Crippen LogP contribution in [0, 0.1) is 0 Å². The zero-order valence-electron chi connectivity index (χ0n) is 16.3. The monoisotopic (exact) mass is 382 g/mol. The first-order valence-electron chi connectivity index (χ1n) is 10.8. The molecule has 27 heavy (non-hydrogen) atoms. The predicted octanol–water partition coefficient (Wildman–Crippen LogP) is 4.83. The number of cyclic esters (lactones) is 1. The molecule has 6 heteroatoms. The van der Waals surface area contributed by atoms with Crippen LogP contribution in [-0.2, 0) is 19.0 Å². The van der Waals surface area contributed by atoms with Crippen molar-refractivity contribution >= 4 is 5.97 Å². The van der Waals surface area contributed by atoms with Gasteiger partial charge >= 0.3 is 5.97 Å². The molecule has 1 saturated heterocycles. The third kappa shape index (κ3) is 5.38. The first-order chi connectivity index (χ1) is 13.1. The molecule has 6 nitrogen and oxygen atoms in total. The Kier molecular flexibility index (Phi) is 7.41. The van der Waals surface area contributed by atoms with Crippen LogP contribution in [-0.4, -0.2) is 40.8 Å². The summed E-state index contributed by atoms with van der Waals surface area (Å²) in [5, 5.41) is 19.5. The van der Waals surface area contributed by atoms with Crippen LogP contribution in [0.25, 0.3) is 0 Å². The van der Waals surface area contributed by atoms with Crippen molar-refractivity contribution in [1.29, 1.82) is 0 Å². The van der Waals surface area contributed by atoms with E-state index >= 15 is 0 Å². The minimum Gasteiger partial charge on any atom is -0.505 e. The fraction of sp³-hybridized carbons (Fsp3) is 0.857. The Morgan fingerprint density at radius 3 is 1.70 bits per heavy atom. The van der Waals surface area contributed by atoms with Crippen molar-refractivity contribution in [2.45, 2.75) is 108 Å². The molecule has 0 bridgehead atoms. The number of rotatable bonds is 1. The highest BCUT2D eigenvalue weighted by atomic mass is 16.8. The molecule has 1 saturated carbocycles. The van der Waals surface area contributed by atoms with Gasteiger partial charge in [-0.1, -0.05) is 64.2 Å². The number of hydrogen-bond donors (Lipinski definition) is 2. The maximum absolute atomic E-state index is 11.5. The maximum Gasteiger partial charge on any atom is 0.377 e. The molecule has 2 unspecified atom stereocenters. The Hall–Kier alpha value is -1.27. The van der Waals surface area contributed by atoms with E-state index in [4.69, 9.17) is 14.2 Å². The Balaban J connectivity index is 1.58. The lowest BCUT2D eigenvalue weighted by atomic mass is 9.99. The van der Waals surface area contributed by atoms with Crippen molar-refractivity contribution in [3.8, 4) is 0 Å². The number of carbonyl (C=O) groups is 1. The van der Waals surface area contributed by atoms with Gasteiger partial charge in [-0.3, -0.25) is 0 Å². The Morgan fingerprint density at radius 1 is 0.778 bits per heavy atom. The fourth-order valence-corrected chi connectivity index (χ4v) is 4.39. The van der Waals surface area contributed by atoms with Gasteiger partial charge in [0.1, 0.15) is 6.10 Å². The van der Waals surface area contributed by atoms with E-state index in [2.05, 4.69) is 0 Å². The molecule has 2 fully saturated rings. The number of hydrogen-bond acceptors (Lipinski definition) is 6. The van der Waals surface area contributed by atoms with Gasteiger partial charge < -0.3 is 24.4 Å². The van der Waals surface area contributed by atoms with E-state index in [9.17, 15) is 15.0 Å². The van der Waals surface area contributed by atoms with Crippen molar-refractivity contribution in [3.63, 3.8) is 0 Å². The number of carbonyl (C=O) groups excluding carboxylic acids is 1. The normalized spacial score (nSPS) is 31.5. The topological polar surface area (TPSA) is 85.2 Å². The van der Waals surface area contributed by atoms with E-state index in [1.54, 1.807) is 0 Å². The molecule has 1 spiro atoms. The molecule has 2 aliphatic heterocycles. The van der Waals surface area contributed by atoms with Crippen molar-refractivity contribution < 1.29 is 29.2 Å². The fourth-order valence-electron chi connectivity index (χ4n) is 4.39. The van der Waals surface area contributed by atoms with E-state index < -0.39 is 35.5 Å². The van der Waals surface area contributed by atoms with Gasteiger partial charge in [0, 0.05) is 12.8 Å². The second kappa shape index (κ2) is 9.78. The highest BCUT2D eigenvalue weighted by Crippen LogP contribution is 2.38. The molecule has 0 radical (unpaired) electrons. The van der Waals surface area contributed by atoms with Gasteiger partial charge in [0.25, 0.3) is 0 Å². The minimum atomic E-state index is -0.964. The minimum absolute atomic E-state index is 0.259.